The van der Waals surface area contributed by atoms with Gasteiger partial charge in [-0.15, -0.1) is 0 Å². The minimum absolute atomic E-state index is 0.333. The van der Waals surface area contributed by atoms with E-state index in [4.69, 9.17) is 4.74 Å². The topological polar surface area (TPSA) is 12.5 Å². The fourth-order valence-corrected chi connectivity index (χ4v) is 2.96. The van der Waals surface area contributed by atoms with Gasteiger partial charge in [-0.1, -0.05) is 42.5 Å². The Morgan fingerprint density at radius 2 is 1.76 bits per heavy atom. The van der Waals surface area contributed by atoms with E-state index >= 15 is 0 Å². The first-order valence-corrected chi connectivity index (χ1v) is 6.20. The van der Waals surface area contributed by atoms with Crippen LogP contribution in [0.25, 0.3) is 11.1 Å². The summed E-state index contributed by atoms with van der Waals surface area (Å²) in [5.41, 5.74) is 7.12. The Labute approximate surface area is 101 Å². The lowest BCUT2D eigenvalue weighted by Crippen LogP contribution is -1.92. The summed E-state index contributed by atoms with van der Waals surface area (Å²) >= 11 is 0. The molecule has 4 rings (SSSR count). The second kappa shape index (κ2) is 3.21. The third kappa shape index (κ3) is 1.29. The van der Waals surface area contributed by atoms with E-state index in [1.807, 2.05) is 0 Å². The predicted octanol–water partition coefficient (Wildman–Crippen LogP) is 3.72. The summed E-state index contributed by atoms with van der Waals surface area (Å²) < 4.78 is 5.63. The molecule has 0 aromatic heterocycles. The monoisotopic (exact) mass is 222 g/mol. The molecule has 2 aliphatic rings. The maximum atomic E-state index is 5.63. The van der Waals surface area contributed by atoms with Crippen molar-refractivity contribution >= 4 is 0 Å². The number of fused-ring (bicyclic) bond motifs is 3. The smallest absolute Gasteiger partial charge is 0.109 e. The van der Waals surface area contributed by atoms with Gasteiger partial charge in [0.05, 0.1) is 6.10 Å². The number of hydrogen-bond acceptors (Lipinski definition) is 1. The normalized spacial score (nSPS) is 24.3. The summed E-state index contributed by atoms with van der Waals surface area (Å²) in [5, 5.41) is 0. The van der Waals surface area contributed by atoms with Gasteiger partial charge in [0.2, 0.25) is 0 Å². The molecule has 1 nitrogen and oxygen atoms in total. The second-order valence-corrected chi connectivity index (χ2v) is 4.97. The number of hydrogen-bond donors (Lipinski definition) is 0. The van der Waals surface area contributed by atoms with Crippen molar-refractivity contribution in [1.29, 1.82) is 0 Å². The third-order valence-corrected chi connectivity index (χ3v) is 3.90. The van der Waals surface area contributed by atoms with Gasteiger partial charge >= 0.3 is 0 Å². The average Bonchev–Trinajstić information content (AvgIpc) is 2.96. The van der Waals surface area contributed by atoms with Crippen molar-refractivity contribution < 1.29 is 4.74 Å². The van der Waals surface area contributed by atoms with Gasteiger partial charge in [-0.05, 0) is 41.2 Å². The van der Waals surface area contributed by atoms with Crippen LogP contribution in [0.3, 0.4) is 0 Å². The van der Waals surface area contributed by atoms with Crippen LogP contribution in [-0.4, -0.2) is 6.10 Å². The van der Waals surface area contributed by atoms with E-state index in [1.165, 1.54) is 27.8 Å². The van der Waals surface area contributed by atoms with E-state index < -0.39 is 0 Å². The molecule has 1 heteroatoms. The zero-order chi connectivity index (χ0) is 11.4. The Bertz CT molecular complexity index is 600. The van der Waals surface area contributed by atoms with Crippen LogP contribution in [0.1, 0.15) is 29.7 Å². The zero-order valence-electron chi connectivity index (χ0n) is 9.81. The standard InChI is InChI=1S/C16H14O/c1-10-16(17-10)14-8-4-7-13-12-6-3-2-5-11(12)9-15(13)14/h2-8,10,16H,9H2,1H3. The molecule has 2 aromatic rings. The van der Waals surface area contributed by atoms with Crippen molar-refractivity contribution in [1.82, 2.24) is 0 Å². The molecule has 2 aromatic carbocycles. The highest BCUT2D eigenvalue weighted by Crippen LogP contribution is 2.46. The molecule has 1 saturated heterocycles. The zero-order valence-corrected chi connectivity index (χ0v) is 9.81. The van der Waals surface area contributed by atoms with E-state index in [9.17, 15) is 0 Å². The first-order valence-electron chi connectivity index (χ1n) is 6.20. The summed E-state index contributed by atoms with van der Waals surface area (Å²) in [4.78, 5) is 0. The fourth-order valence-electron chi connectivity index (χ4n) is 2.96. The molecule has 0 spiro atoms. The van der Waals surface area contributed by atoms with Crippen molar-refractivity contribution in [3.8, 4) is 11.1 Å². The van der Waals surface area contributed by atoms with Gasteiger partial charge in [-0.25, -0.2) is 0 Å². The van der Waals surface area contributed by atoms with E-state index in [-0.39, 0.29) is 0 Å². The quantitative estimate of drug-likeness (QED) is 0.572. The number of benzene rings is 2. The highest BCUT2D eigenvalue weighted by Gasteiger charge is 2.38. The Hall–Kier alpha value is -1.60. The molecule has 1 aliphatic carbocycles. The van der Waals surface area contributed by atoms with Gasteiger partial charge < -0.3 is 4.74 Å². The summed E-state index contributed by atoms with van der Waals surface area (Å²) in [6, 6.07) is 15.3. The largest absolute Gasteiger partial charge is 0.365 e. The SMILES string of the molecule is CC1OC1c1cccc2c1Cc1ccccc1-2. The lowest BCUT2D eigenvalue weighted by atomic mass is 9.98. The van der Waals surface area contributed by atoms with Gasteiger partial charge in [0, 0.05) is 0 Å². The molecule has 0 bridgehead atoms. The van der Waals surface area contributed by atoms with Crippen LogP contribution in [0.4, 0.5) is 0 Å². The molecule has 2 atom stereocenters. The van der Waals surface area contributed by atoms with E-state index in [1.54, 1.807) is 0 Å². The molecule has 0 amide bonds. The van der Waals surface area contributed by atoms with Crippen molar-refractivity contribution in [2.45, 2.75) is 25.6 Å². The minimum atomic E-state index is 0.333. The maximum Gasteiger partial charge on any atom is 0.109 e. The van der Waals surface area contributed by atoms with Crippen molar-refractivity contribution in [2.24, 2.45) is 0 Å². The summed E-state index contributed by atoms with van der Waals surface area (Å²) in [6.45, 7) is 2.14. The van der Waals surface area contributed by atoms with Gasteiger partial charge in [-0.3, -0.25) is 0 Å². The fraction of sp³-hybridized carbons (Fsp3) is 0.250. The maximum absolute atomic E-state index is 5.63. The molecule has 0 radical (unpaired) electrons. The van der Waals surface area contributed by atoms with E-state index in [2.05, 4.69) is 49.4 Å². The summed E-state index contributed by atoms with van der Waals surface area (Å²) in [6.07, 6.45) is 1.79. The van der Waals surface area contributed by atoms with Gasteiger partial charge in [0.1, 0.15) is 6.10 Å². The Balaban J connectivity index is 1.90. The Morgan fingerprint density at radius 1 is 1.00 bits per heavy atom. The third-order valence-electron chi connectivity index (χ3n) is 3.90. The molecular formula is C16H14O. The van der Waals surface area contributed by atoms with Gasteiger partial charge in [-0.2, -0.15) is 0 Å². The number of ether oxygens (including phenoxy) is 1. The van der Waals surface area contributed by atoms with Gasteiger partial charge in [0.25, 0.3) is 0 Å². The van der Waals surface area contributed by atoms with Crippen molar-refractivity contribution in [2.75, 3.05) is 0 Å². The average molecular weight is 222 g/mol. The molecule has 1 aliphatic heterocycles. The van der Waals surface area contributed by atoms with Crippen molar-refractivity contribution in [3.05, 3.63) is 59.2 Å². The molecule has 1 heterocycles. The lowest BCUT2D eigenvalue weighted by molar-refractivity contribution is 0.382. The van der Waals surface area contributed by atoms with Crippen LogP contribution >= 0.6 is 0 Å². The molecule has 0 N–H and O–H groups in total. The molecule has 2 unspecified atom stereocenters. The van der Waals surface area contributed by atoms with Gasteiger partial charge in [0.15, 0.2) is 0 Å². The van der Waals surface area contributed by atoms with Crippen LogP contribution in [0, 0.1) is 0 Å². The highest BCUT2D eigenvalue weighted by atomic mass is 16.6. The van der Waals surface area contributed by atoms with Crippen LogP contribution < -0.4 is 0 Å². The molecule has 1 fully saturated rings. The van der Waals surface area contributed by atoms with Crippen LogP contribution in [0.15, 0.2) is 42.5 Å². The molecular weight excluding hydrogens is 208 g/mol. The van der Waals surface area contributed by atoms with E-state index in [0.717, 1.165) is 6.42 Å². The van der Waals surface area contributed by atoms with Crippen LogP contribution in [-0.2, 0) is 11.2 Å². The van der Waals surface area contributed by atoms with E-state index in [0.29, 0.717) is 12.2 Å². The van der Waals surface area contributed by atoms with Crippen molar-refractivity contribution in [3.63, 3.8) is 0 Å². The first-order chi connectivity index (χ1) is 8.34. The Kier molecular flexibility index (Phi) is 1.78. The van der Waals surface area contributed by atoms with Crippen LogP contribution in [0.2, 0.25) is 0 Å². The number of rotatable bonds is 1. The highest BCUT2D eigenvalue weighted by molar-refractivity contribution is 5.78. The first kappa shape index (κ1) is 9.43. The minimum Gasteiger partial charge on any atom is -0.365 e. The second-order valence-electron chi connectivity index (χ2n) is 4.97. The molecule has 0 saturated carbocycles. The predicted molar refractivity (Wildman–Crippen MR) is 68.0 cm³/mol. The molecule has 84 valence electrons. The summed E-state index contributed by atoms with van der Waals surface area (Å²) in [7, 11) is 0. The van der Waals surface area contributed by atoms with Crippen LogP contribution in [0.5, 0.6) is 0 Å². The lowest BCUT2D eigenvalue weighted by Gasteiger charge is -2.05. The Morgan fingerprint density at radius 3 is 2.59 bits per heavy atom. The number of epoxide rings is 1. The molecule has 17 heavy (non-hydrogen) atoms. The summed E-state index contributed by atoms with van der Waals surface area (Å²) in [5.74, 6) is 0.